The van der Waals surface area contributed by atoms with E-state index in [0.29, 0.717) is 53.8 Å². The molecule has 0 amide bonds. The van der Waals surface area contributed by atoms with Gasteiger partial charge in [-0.1, -0.05) is 24.3 Å². The number of hydrogen-bond acceptors (Lipinski definition) is 2. The molecule has 4 aromatic carbocycles. The zero-order chi connectivity index (χ0) is 32.0. The molecule has 44 heavy (non-hydrogen) atoms. The highest BCUT2D eigenvalue weighted by Crippen LogP contribution is 2.47. The van der Waals surface area contributed by atoms with Crippen molar-refractivity contribution in [2.75, 3.05) is 0 Å². The second kappa shape index (κ2) is 9.86. The van der Waals surface area contributed by atoms with Crippen molar-refractivity contribution in [2.24, 2.45) is 0 Å². The van der Waals surface area contributed by atoms with E-state index in [4.69, 9.17) is 0 Å². The van der Waals surface area contributed by atoms with Crippen LogP contribution in [0.1, 0.15) is 22.3 Å². The first kappa shape index (κ1) is 30.3. The highest BCUT2D eigenvalue weighted by molar-refractivity contribution is 7.36. The average Bonchev–Trinajstić information content (AvgIpc) is 3.45. The van der Waals surface area contributed by atoms with Crippen LogP contribution < -0.4 is 0 Å². The number of benzene rings is 4. The minimum absolute atomic E-state index is 0.0485. The SMILES string of the molecule is FC(F)(F)c1cc(-c2ccc3c(c2)sc2c4ccc(-c5cc(C(F)(F)F)cc(C(F)(F)F)c5)cc4sc32)cc(C(F)(F)F)c1. The van der Waals surface area contributed by atoms with E-state index in [1.54, 1.807) is 12.1 Å². The molecule has 0 bridgehead atoms. The zero-order valence-electron chi connectivity index (χ0n) is 21.3. The smallest absolute Gasteiger partial charge is 0.166 e. The van der Waals surface area contributed by atoms with Crippen molar-refractivity contribution in [3.05, 3.63) is 95.1 Å². The van der Waals surface area contributed by atoms with Crippen LogP contribution in [0, 0.1) is 0 Å². The van der Waals surface area contributed by atoms with Crippen LogP contribution in [-0.2, 0) is 24.7 Å². The van der Waals surface area contributed by atoms with E-state index in [1.165, 1.54) is 46.9 Å². The fourth-order valence-electron chi connectivity index (χ4n) is 4.86. The average molecular weight is 665 g/mol. The van der Waals surface area contributed by atoms with Crippen LogP contribution in [0.25, 0.3) is 51.8 Å². The lowest BCUT2D eigenvalue weighted by Crippen LogP contribution is -2.11. The molecule has 0 nitrogen and oxygen atoms in total. The van der Waals surface area contributed by atoms with Gasteiger partial charge >= 0.3 is 24.7 Å². The van der Waals surface area contributed by atoms with E-state index >= 15 is 0 Å². The van der Waals surface area contributed by atoms with Crippen LogP contribution in [0.4, 0.5) is 52.7 Å². The first-order valence-electron chi connectivity index (χ1n) is 12.3. The predicted octanol–water partition coefficient (Wildman–Crippen LogP) is 12.7. The molecule has 6 aromatic rings. The van der Waals surface area contributed by atoms with Gasteiger partial charge in [-0.2, -0.15) is 52.7 Å². The van der Waals surface area contributed by atoms with Crippen LogP contribution in [0.2, 0.25) is 0 Å². The van der Waals surface area contributed by atoms with Crippen LogP contribution in [0.5, 0.6) is 0 Å². The molecule has 0 unspecified atom stereocenters. The van der Waals surface area contributed by atoms with Crippen molar-refractivity contribution < 1.29 is 52.7 Å². The van der Waals surface area contributed by atoms with E-state index in [9.17, 15) is 52.7 Å². The Morgan fingerprint density at radius 1 is 0.341 bits per heavy atom. The molecule has 0 saturated heterocycles. The molecule has 0 aliphatic heterocycles. The Labute approximate surface area is 246 Å². The van der Waals surface area contributed by atoms with E-state index in [-0.39, 0.29) is 34.4 Å². The summed E-state index contributed by atoms with van der Waals surface area (Å²) in [6.45, 7) is 0. The lowest BCUT2D eigenvalue weighted by Gasteiger charge is -2.14. The van der Waals surface area contributed by atoms with Crippen molar-refractivity contribution in [1.82, 2.24) is 0 Å². The molecule has 228 valence electrons. The molecule has 0 spiro atoms. The first-order valence-corrected chi connectivity index (χ1v) is 13.9. The van der Waals surface area contributed by atoms with Gasteiger partial charge in [-0.3, -0.25) is 0 Å². The third kappa shape index (κ3) is 5.49. The molecule has 0 fully saturated rings. The van der Waals surface area contributed by atoms with Crippen molar-refractivity contribution in [1.29, 1.82) is 0 Å². The van der Waals surface area contributed by atoms with Gasteiger partial charge in [0.1, 0.15) is 0 Å². The lowest BCUT2D eigenvalue weighted by molar-refractivity contribution is -0.144. The van der Waals surface area contributed by atoms with Gasteiger partial charge in [0.25, 0.3) is 0 Å². The Morgan fingerprint density at radius 2 is 0.636 bits per heavy atom. The summed E-state index contributed by atoms with van der Waals surface area (Å²) in [5.41, 5.74) is -6.09. The second-order valence-electron chi connectivity index (χ2n) is 9.87. The normalized spacial score (nSPS) is 13.5. The quantitative estimate of drug-likeness (QED) is 0.162. The molecule has 0 radical (unpaired) electrons. The van der Waals surface area contributed by atoms with Crippen molar-refractivity contribution in [3.8, 4) is 22.3 Å². The summed E-state index contributed by atoms with van der Waals surface area (Å²) in [6.07, 6.45) is -20.0. The largest absolute Gasteiger partial charge is 0.416 e. The summed E-state index contributed by atoms with van der Waals surface area (Å²) in [5, 5.41) is 1.27. The van der Waals surface area contributed by atoms with Gasteiger partial charge in [0.15, 0.2) is 0 Å². The Morgan fingerprint density at radius 3 is 0.909 bits per heavy atom. The standard InChI is InChI=1S/C30H12F12S2/c31-27(32,33)17-5-15(6-18(11-17)28(34,35)36)13-1-3-21-23(9-13)43-26-22-4-2-14(10-24(22)44-25(21)26)16-7-19(29(37,38)39)12-20(8-16)30(40,41)42/h1-12H. The van der Waals surface area contributed by atoms with E-state index in [0.717, 1.165) is 0 Å². The molecule has 0 saturated carbocycles. The van der Waals surface area contributed by atoms with Crippen LogP contribution in [-0.4, -0.2) is 0 Å². The topological polar surface area (TPSA) is 0 Å². The first-order chi connectivity index (χ1) is 20.3. The molecule has 2 heterocycles. The lowest BCUT2D eigenvalue weighted by atomic mass is 9.98. The van der Waals surface area contributed by atoms with Gasteiger partial charge in [-0.15, -0.1) is 22.7 Å². The maximum absolute atomic E-state index is 13.4. The summed E-state index contributed by atoms with van der Waals surface area (Å²) >= 11 is 2.42. The summed E-state index contributed by atoms with van der Waals surface area (Å²) < 4.78 is 163. The molecular formula is C30H12F12S2. The summed E-state index contributed by atoms with van der Waals surface area (Å²) in [5.74, 6) is 0. The number of rotatable bonds is 2. The monoisotopic (exact) mass is 664 g/mol. The predicted molar refractivity (Wildman–Crippen MR) is 146 cm³/mol. The number of hydrogen-bond donors (Lipinski definition) is 0. The highest BCUT2D eigenvalue weighted by atomic mass is 32.1. The molecular weight excluding hydrogens is 652 g/mol. The third-order valence-corrected chi connectivity index (χ3v) is 9.43. The molecule has 14 heteroatoms. The summed E-state index contributed by atoms with van der Waals surface area (Å²) in [7, 11) is 0. The Bertz CT molecular complexity index is 1860. The molecule has 2 aromatic heterocycles. The van der Waals surface area contributed by atoms with Crippen LogP contribution in [0.3, 0.4) is 0 Å². The zero-order valence-corrected chi connectivity index (χ0v) is 22.9. The Kier molecular flexibility index (Phi) is 6.78. The van der Waals surface area contributed by atoms with E-state index < -0.39 is 47.0 Å². The van der Waals surface area contributed by atoms with Crippen LogP contribution in [0.15, 0.2) is 72.8 Å². The van der Waals surface area contributed by atoms with Gasteiger partial charge in [0.2, 0.25) is 0 Å². The minimum Gasteiger partial charge on any atom is -0.166 e. The van der Waals surface area contributed by atoms with Gasteiger partial charge in [-0.05, 0) is 70.8 Å². The van der Waals surface area contributed by atoms with Crippen molar-refractivity contribution in [3.63, 3.8) is 0 Å². The second-order valence-corrected chi connectivity index (χ2v) is 12.0. The molecule has 6 rings (SSSR count). The van der Waals surface area contributed by atoms with Gasteiger partial charge in [0.05, 0.1) is 31.7 Å². The highest BCUT2D eigenvalue weighted by Gasteiger charge is 2.38. The molecule has 0 aliphatic rings. The fraction of sp³-hybridized carbons (Fsp3) is 0.133. The molecule has 0 atom stereocenters. The number of halogens is 12. The minimum atomic E-state index is -5.01. The van der Waals surface area contributed by atoms with Crippen molar-refractivity contribution in [2.45, 2.75) is 24.7 Å². The molecule has 0 aliphatic carbocycles. The van der Waals surface area contributed by atoms with E-state index in [2.05, 4.69) is 0 Å². The number of fused-ring (bicyclic) bond motifs is 5. The van der Waals surface area contributed by atoms with Crippen LogP contribution >= 0.6 is 22.7 Å². The van der Waals surface area contributed by atoms with Gasteiger partial charge < -0.3 is 0 Å². The maximum Gasteiger partial charge on any atom is 0.416 e. The van der Waals surface area contributed by atoms with E-state index in [1.807, 2.05) is 0 Å². The number of thiophene rings is 2. The molecule has 0 N–H and O–H groups in total. The maximum atomic E-state index is 13.4. The fourth-order valence-corrected chi connectivity index (χ4v) is 7.59. The Hall–Kier alpha value is -3.78. The summed E-state index contributed by atoms with van der Waals surface area (Å²) in [6, 6.07) is 11.5. The van der Waals surface area contributed by atoms with Crippen molar-refractivity contribution >= 4 is 52.2 Å². The number of alkyl halides is 12. The Balaban J connectivity index is 1.45. The third-order valence-electron chi connectivity index (χ3n) is 6.92. The van der Waals surface area contributed by atoms with Gasteiger partial charge in [0, 0.05) is 20.2 Å². The summed E-state index contributed by atoms with van der Waals surface area (Å²) in [4.78, 5) is 0. The van der Waals surface area contributed by atoms with Gasteiger partial charge in [-0.25, -0.2) is 0 Å².